The molecule has 0 spiro atoms. The van der Waals surface area contributed by atoms with Crippen LogP contribution in [0.1, 0.15) is 22.8 Å². The van der Waals surface area contributed by atoms with Gasteiger partial charge in [-0.1, -0.05) is 0 Å². The molecule has 2 aliphatic heterocycles. The Morgan fingerprint density at radius 3 is 1.29 bits per heavy atom. The van der Waals surface area contributed by atoms with Crippen LogP contribution in [0, 0.1) is 10.1 Å². The third-order valence-corrected chi connectivity index (χ3v) is 5.39. The molecule has 2 aliphatic rings. The maximum atomic E-state index is 10.1. The molecular formula is C26H18N5NiO2. The van der Waals surface area contributed by atoms with E-state index in [1.807, 2.05) is 48.6 Å². The number of aromatic amines is 2. The number of hydrogen-bond acceptors (Lipinski definition) is 4. The van der Waals surface area contributed by atoms with Gasteiger partial charge < -0.3 is 9.97 Å². The van der Waals surface area contributed by atoms with Crippen LogP contribution in [0.2, 0.25) is 0 Å². The number of benzene rings is 1. The zero-order valence-corrected chi connectivity index (χ0v) is 18.7. The van der Waals surface area contributed by atoms with Gasteiger partial charge in [-0.3, -0.25) is 0 Å². The van der Waals surface area contributed by atoms with Crippen LogP contribution in [-0.4, -0.2) is 24.9 Å². The molecule has 0 aliphatic carbocycles. The molecule has 5 heterocycles. The predicted molar refractivity (Wildman–Crippen MR) is 132 cm³/mol. The van der Waals surface area contributed by atoms with Crippen molar-refractivity contribution in [1.82, 2.24) is 19.9 Å². The maximum absolute atomic E-state index is 10.1. The van der Waals surface area contributed by atoms with Gasteiger partial charge in [0.05, 0.1) is 22.8 Å². The summed E-state index contributed by atoms with van der Waals surface area (Å²) in [5, 5.41) is 10.1. The van der Waals surface area contributed by atoms with E-state index in [9.17, 15) is 10.1 Å². The van der Waals surface area contributed by atoms with Gasteiger partial charge in [-0.15, -0.1) is 0 Å². The second kappa shape index (κ2) is 9.29. The summed E-state index contributed by atoms with van der Waals surface area (Å²) in [4.78, 5) is 25.7. The molecule has 0 saturated carbocycles. The first kappa shape index (κ1) is 21.6. The van der Waals surface area contributed by atoms with Crippen molar-refractivity contribution < 1.29 is 20.4 Å². The van der Waals surface area contributed by atoms with Crippen LogP contribution in [0.5, 0.6) is 0 Å². The number of fused-ring (bicyclic) bond motifs is 8. The number of aromatic nitrogens is 4. The number of rotatable bonds is 1. The summed E-state index contributed by atoms with van der Waals surface area (Å²) in [6.07, 6.45) is 8.09. The molecule has 169 valence electrons. The summed E-state index contributed by atoms with van der Waals surface area (Å²) in [6, 6.07) is 22.3. The number of nitro benzene ring substituents is 1. The number of H-pyrrole nitrogens is 2. The topological polar surface area (TPSA) is 101 Å². The summed E-state index contributed by atoms with van der Waals surface area (Å²) in [5.74, 6) is 0. The zero-order chi connectivity index (χ0) is 23.5. The second-order valence-corrected chi connectivity index (χ2v) is 8.17. The first-order chi connectivity index (χ1) is 16.5. The Kier molecular flexibility index (Phi) is 5.89. The molecule has 8 bridgehead atoms. The molecule has 0 saturated heterocycles. The molecule has 1 aromatic carbocycles. The Labute approximate surface area is 202 Å². The third kappa shape index (κ3) is 5.19. The molecule has 3 aromatic heterocycles. The molecule has 7 nitrogen and oxygen atoms in total. The van der Waals surface area contributed by atoms with Gasteiger partial charge in [-0.25, -0.2) is 9.97 Å². The molecular weight excluding hydrogens is 473 g/mol. The fourth-order valence-electron chi connectivity index (χ4n) is 3.50. The Morgan fingerprint density at radius 2 is 0.971 bits per heavy atom. The number of nitrogens with one attached hydrogen (secondary N) is 2. The van der Waals surface area contributed by atoms with E-state index in [0.29, 0.717) is 4.53 Å². The van der Waals surface area contributed by atoms with Crippen molar-refractivity contribution in [1.29, 1.82) is 0 Å². The third-order valence-electron chi connectivity index (χ3n) is 5.06. The van der Waals surface area contributed by atoms with Gasteiger partial charge in [-0.2, -0.15) is 0 Å². The molecule has 0 fully saturated rings. The van der Waals surface area contributed by atoms with E-state index in [4.69, 9.17) is 0 Å². The van der Waals surface area contributed by atoms with E-state index in [0.717, 1.165) is 44.8 Å². The average molecular weight is 491 g/mol. The minimum absolute atomic E-state index is 0.0841. The first-order valence-corrected chi connectivity index (χ1v) is 10.9. The summed E-state index contributed by atoms with van der Waals surface area (Å²) in [5.41, 5.74) is 7.94. The number of nitrogens with zero attached hydrogens (tertiary/aromatic N) is 3. The Bertz CT molecular complexity index is 1420. The van der Waals surface area contributed by atoms with Gasteiger partial charge in [0, 0.05) is 22.1 Å². The fourth-order valence-corrected chi connectivity index (χ4v) is 3.66. The van der Waals surface area contributed by atoms with Crippen molar-refractivity contribution in [2.24, 2.45) is 0 Å². The zero-order valence-electron chi connectivity index (χ0n) is 17.7. The summed E-state index contributed by atoms with van der Waals surface area (Å²) in [7, 11) is 0. The van der Waals surface area contributed by atoms with Crippen molar-refractivity contribution in [3.8, 4) is 0 Å². The molecule has 8 heteroatoms. The van der Waals surface area contributed by atoms with Crippen molar-refractivity contribution in [2.45, 2.75) is 0 Å². The Balaban J connectivity index is 0.000000204. The van der Waals surface area contributed by atoms with Gasteiger partial charge in [0.1, 0.15) is 0 Å². The molecule has 0 amide bonds. The molecule has 0 atom stereocenters. The van der Waals surface area contributed by atoms with Crippen LogP contribution < -0.4 is 4.53 Å². The van der Waals surface area contributed by atoms with E-state index in [2.05, 4.69) is 59.7 Å². The molecule has 4 aromatic rings. The van der Waals surface area contributed by atoms with Gasteiger partial charge in [0.25, 0.3) is 0 Å². The van der Waals surface area contributed by atoms with Crippen LogP contribution in [0.3, 0.4) is 0 Å². The fraction of sp³-hybridized carbons (Fsp3) is 0. The van der Waals surface area contributed by atoms with Crippen LogP contribution in [0.4, 0.5) is 5.69 Å². The molecule has 34 heavy (non-hydrogen) atoms. The molecule has 0 radical (unpaired) electrons. The van der Waals surface area contributed by atoms with Crippen LogP contribution in [0.15, 0.2) is 72.8 Å². The van der Waals surface area contributed by atoms with Crippen molar-refractivity contribution in [3.63, 3.8) is 0 Å². The van der Waals surface area contributed by atoms with Gasteiger partial charge in [-0.05, 0) is 72.8 Å². The number of nitro groups is 1. The van der Waals surface area contributed by atoms with Crippen LogP contribution >= 0.6 is 0 Å². The van der Waals surface area contributed by atoms with Gasteiger partial charge >= 0.3 is 65.0 Å². The van der Waals surface area contributed by atoms with Crippen LogP contribution in [0.25, 0.3) is 46.4 Å². The van der Waals surface area contributed by atoms with E-state index < -0.39 is 4.92 Å². The SMILES string of the molecule is C1=Cc2cc3ccc(cc4nc(cc5ccc(cc1n2)[nH]5)C=C4)[nH]3.O=[N+]([O-])c1cc[c]([Ni])cc1. The van der Waals surface area contributed by atoms with Crippen molar-refractivity contribution in [2.75, 3.05) is 0 Å². The van der Waals surface area contributed by atoms with E-state index in [1.165, 1.54) is 12.1 Å². The number of hydrogen-bond donors (Lipinski definition) is 2. The number of non-ortho nitro benzene ring substituents is 1. The Morgan fingerprint density at radius 1 is 0.618 bits per heavy atom. The predicted octanol–water partition coefficient (Wildman–Crippen LogP) is 5.42. The quantitative estimate of drug-likeness (QED) is 0.182. The molecule has 0 unspecified atom stereocenters. The summed E-state index contributed by atoms with van der Waals surface area (Å²) >= 11 is 4.45. The van der Waals surface area contributed by atoms with Crippen LogP contribution in [-0.2, 0) is 15.5 Å². The summed E-state index contributed by atoms with van der Waals surface area (Å²) < 4.78 is 0.658. The van der Waals surface area contributed by atoms with E-state index in [-0.39, 0.29) is 5.69 Å². The normalized spacial score (nSPS) is 11.7. The van der Waals surface area contributed by atoms with E-state index in [1.54, 1.807) is 12.1 Å². The molecule has 6 rings (SSSR count). The second-order valence-electron chi connectivity index (χ2n) is 7.60. The molecule has 2 N–H and O–H groups in total. The minimum atomic E-state index is -0.445. The average Bonchev–Trinajstić information content (AvgIpc) is 3.60. The Hall–Kier alpha value is -4.29. The van der Waals surface area contributed by atoms with Gasteiger partial charge in [0.15, 0.2) is 0 Å². The monoisotopic (exact) mass is 490 g/mol. The van der Waals surface area contributed by atoms with Crippen molar-refractivity contribution in [3.05, 3.63) is 106 Å². The first-order valence-electron chi connectivity index (χ1n) is 10.4. The van der Waals surface area contributed by atoms with Gasteiger partial charge in [0.2, 0.25) is 0 Å². The van der Waals surface area contributed by atoms with E-state index >= 15 is 0 Å². The standard InChI is InChI=1S/C20H14N4.C6H4NO2.Ni/c1-2-14-10-16-5-6-18(23-16)12-20-8-7-19(24-20)11-17-4-3-15(22-17)9-13(1)21-14;8-7(9)6-4-2-1-3-5-6;/h1-12,21,24H;2-5H;. The van der Waals surface area contributed by atoms with Crippen molar-refractivity contribution >= 4 is 56.6 Å². The summed E-state index contributed by atoms with van der Waals surface area (Å²) in [6.45, 7) is 0.